The quantitative estimate of drug-likeness (QED) is 0.759. The van der Waals surface area contributed by atoms with E-state index < -0.39 is 0 Å². The van der Waals surface area contributed by atoms with E-state index in [4.69, 9.17) is 16.3 Å². The van der Waals surface area contributed by atoms with E-state index in [0.29, 0.717) is 17.3 Å². The average molecular weight is 307 g/mol. The van der Waals surface area contributed by atoms with Gasteiger partial charge in [-0.2, -0.15) is 0 Å². The first-order chi connectivity index (χ1) is 8.63. The van der Waals surface area contributed by atoms with Crippen LogP contribution in [0.3, 0.4) is 0 Å². The summed E-state index contributed by atoms with van der Waals surface area (Å²) >= 11 is 5.84. The van der Waals surface area contributed by atoms with E-state index in [9.17, 15) is 4.79 Å². The van der Waals surface area contributed by atoms with Crippen molar-refractivity contribution in [1.29, 1.82) is 0 Å². The highest BCUT2D eigenvalue weighted by Gasteiger charge is 2.04. The Morgan fingerprint density at radius 2 is 2.11 bits per heavy atom. The molecule has 1 aromatic rings. The Morgan fingerprint density at radius 1 is 1.37 bits per heavy atom. The van der Waals surface area contributed by atoms with E-state index in [0.717, 1.165) is 18.5 Å². The van der Waals surface area contributed by atoms with E-state index in [-0.39, 0.29) is 24.9 Å². The highest BCUT2D eigenvalue weighted by molar-refractivity contribution is 6.30. The molecule has 19 heavy (non-hydrogen) atoms. The second-order valence-electron chi connectivity index (χ2n) is 4.01. The maximum absolute atomic E-state index is 11.5. The van der Waals surface area contributed by atoms with Crippen molar-refractivity contribution in [1.82, 2.24) is 10.6 Å². The summed E-state index contributed by atoms with van der Waals surface area (Å²) in [5, 5.41) is 6.47. The molecule has 0 radical (unpaired) electrons. The maximum atomic E-state index is 11.5. The van der Waals surface area contributed by atoms with Crippen LogP contribution in [0.15, 0.2) is 18.2 Å². The lowest BCUT2D eigenvalue weighted by molar-refractivity contribution is -0.123. The van der Waals surface area contributed by atoms with E-state index in [1.165, 1.54) is 0 Å². The second-order valence-corrected chi connectivity index (χ2v) is 4.44. The molecule has 4 nitrogen and oxygen atoms in total. The van der Waals surface area contributed by atoms with Crippen LogP contribution in [0.25, 0.3) is 0 Å². The van der Waals surface area contributed by atoms with Crippen LogP contribution in [0.2, 0.25) is 5.02 Å². The van der Waals surface area contributed by atoms with Gasteiger partial charge >= 0.3 is 0 Å². The molecule has 0 saturated carbocycles. The second kappa shape index (κ2) is 9.89. The molecule has 1 aromatic carbocycles. The van der Waals surface area contributed by atoms with Crippen molar-refractivity contribution in [2.75, 3.05) is 26.7 Å². The minimum Gasteiger partial charge on any atom is -0.484 e. The predicted molar refractivity (Wildman–Crippen MR) is 80.5 cm³/mol. The standard InChI is InChI=1S/C13H19ClN2O2.ClH/c1-10-8-11(14)4-5-12(10)18-9-13(17)16-7-3-6-15-2;/h4-5,8,15H,3,6-7,9H2,1-2H3,(H,16,17);1H. The zero-order valence-electron chi connectivity index (χ0n) is 11.2. The van der Waals surface area contributed by atoms with E-state index in [2.05, 4.69) is 10.6 Å². The normalized spacial score (nSPS) is 9.63. The van der Waals surface area contributed by atoms with E-state index in [1.807, 2.05) is 20.0 Å². The van der Waals surface area contributed by atoms with Crippen LogP contribution in [0.5, 0.6) is 5.75 Å². The molecule has 2 N–H and O–H groups in total. The smallest absolute Gasteiger partial charge is 0.257 e. The number of benzene rings is 1. The molecule has 1 amide bonds. The SMILES string of the molecule is CNCCCNC(=O)COc1ccc(Cl)cc1C.Cl. The number of aryl methyl sites for hydroxylation is 1. The molecule has 0 fully saturated rings. The molecule has 0 atom stereocenters. The van der Waals surface area contributed by atoms with Gasteiger partial charge in [0.2, 0.25) is 0 Å². The van der Waals surface area contributed by atoms with E-state index in [1.54, 1.807) is 12.1 Å². The topological polar surface area (TPSA) is 50.4 Å². The van der Waals surface area contributed by atoms with Gasteiger partial charge in [-0.3, -0.25) is 4.79 Å². The van der Waals surface area contributed by atoms with Gasteiger partial charge in [0.05, 0.1) is 0 Å². The maximum Gasteiger partial charge on any atom is 0.257 e. The summed E-state index contributed by atoms with van der Waals surface area (Å²) in [4.78, 5) is 11.5. The average Bonchev–Trinajstić information content (AvgIpc) is 2.33. The molecule has 6 heteroatoms. The fraction of sp³-hybridized carbons (Fsp3) is 0.462. The highest BCUT2D eigenvalue weighted by Crippen LogP contribution is 2.21. The van der Waals surface area contributed by atoms with Gasteiger partial charge in [-0.05, 0) is 50.7 Å². The fourth-order valence-corrected chi connectivity index (χ4v) is 1.69. The van der Waals surface area contributed by atoms with Crippen molar-refractivity contribution in [3.05, 3.63) is 28.8 Å². The molecule has 108 valence electrons. The first-order valence-electron chi connectivity index (χ1n) is 5.93. The number of nitrogens with one attached hydrogen (secondary N) is 2. The third-order valence-corrected chi connectivity index (χ3v) is 2.66. The third-order valence-electron chi connectivity index (χ3n) is 2.42. The van der Waals surface area contributed by atoms with E-state index >= 15 is 0 Å². The molecule has 0 aliphatic carbocycles. The Balaban J connectivity index is 0.00000324. The summed E-state index contributed by atoms with van der Waals surface area (Å²) in [7, 11) is 1.88. The Morgan fingerprint density at radius 3 is 2.74 bits per heavy atom. The Kier molecular flexibility index (Phi) is 9.39. The van der Waals surface area contributed by atoms with Crippen molar-refractivity contribution >= 4 is 29.9 Å². The summed E-state index contributed by atoms with van der Waals surface area (Å²) in [6.07, 6.45) is 0.905. The molecule has 0 aliphatic heterocycles. The number of rotatable bonds is 7. The van der Waals surface area contributed by atoms with Gasteiger partial charge < -0.3 is 15.4 Å². The van der Waals surface area contributed by atoms with Gasteiger partial charge in [0.15, 0.2) is 6.61 Å². The van der Waals surface area contributed by atoms with Gasteiger partial charge in [0.1, 0.15) is 5.75 Å². The Bertz CT molecular complexity index is 400. The molecular weight excluding hydrogens is 287 g/mol. The largest absolute Gasteiger partial charge is 0.484 e. The monoisotopic (exact) mass is 306 g/mol. The molecule has 0 bridgehead atoms. The van der Waals surface area contributed by atoms with Crippen LogP contribution in [-0.4, -0.2) is 32.7 Å². The number of hydrogen-bond acceptors (Lipinski definition) is 3. The van der Waals surface area contributed by atoms with Gasteiger partial charge in [-0.15, -0.1) is 12.4 Å². The fourth-order valence-electron chi connectivity index (χ4n) is 1.46. The zero-order valence-corrected chi connectivity index (χ0v) is 12.7. The molecule has 0 saturated heterocycles. The van der Waals surface area contributed by atoms with Gasteiger partial charge in [-0.1, -0.05) is 11.6 Å². The van der Waals surface area contributed by atoms with Crippen molar-refractivity contribution in [3.8, 4) is 5.75 Å². The van der Waals surface area contributed by atoms with Gasteiger partial charge in [0, 0.05) is 11.6 Å². The lowest BCUT2D eigenvalue weighted by Crippen LogP contribution is -2.31. The minimum absolute atomic E-state index is 0. The summed E-state index contributed by atoms with van der Waals surface area (Å²) < 4.78 is 5.42. The molecular formula is C13H20Cl2N2O2. The number of carbonyl (C=O) groups is 1. The summed E-state index contributed by atoms with van der Waals surface area (Å²) in [6, 6.07) is 5.32. The summed E-state index contributed by atoms with van der Waals surface area (Å²) in [5.74, 6) is 0.574. The predicted octanol–water partition coefficient (Wildman–Crippen LogP) is 2.17. The van der Waals surface area contributed by atoms with Crippen LogP contribution in [0.4, 0.5) is 0 Å². The first kappa shape index (κ1) is 18.0. The van der Waals surface area contributed by atoms with Crippen LogP contribution in [0, 0.1) is 6.92 Å². The number of ether oxygens (including phenoxy) is 1. The van der Waals surface area contributed by atoms with Crippen molar-refractivity contribution in [3.63, 3.8) is 0 Å². The molecule has 0 heterocycles. The summed E-state index contributed by atoms with van der Waals surface area (Å²) in [6.45, 7) is 3.47. The Labute approximate surface area is 125 Å². The van der Waals surface area contributed by atoms with Crippen LogP contribution < -0.4 is 15.4 Å². The first-order valence-corrected chi connectivity index (χ1v) is 6.31. The summed E-state index contributed by atoms with van der Waals surface area (Å²) in [5.41, 5.74) is 0.922. The number of amides is 1. The Hall–Kier alpha value is -0.970. The number of carbonyl (C=O) groups excluding carboxylic acids is 1. The number of halogens is 2. The molecule has 0 aliphatic rings. The molecule has 1 rings (SSSR count). The van der Waals surface area contributed by atoms with Crippen LogP contribution in [-0.2, 0) is 4.79 Å². The van der Waals surface area contributed by atoms with Gasteiger partial charge in [-0.25, -0.2) is 0 Å². The minimum atomic E-state index is -0.111. The van der Waals surface area contributed by atoms with Crippen LogP contribution in [0.1, 0.15) is 12.0 Å². The van der Waals surface area contributed by atoms with Crippen LogP contribution >= 0.6 is 24.0 Å². The lowest BCUT2D eigenvalue weighted by Gasteiger charge is -2.09. The van der Waals surface area contributed by atoms with Crippen molar-refractivity contribution in [2.45, 2.75) is 13.3 Å². The van der Waals surface area contributed by atoms with Gasteiger partial charge in [0.25, 0.3) is 5.91 Å². The van der Waals surface area contributed by atoms with Crippen molar-refractivity contribution in [2.24, 2.45) is 0 Å². The lowest BCUT2D eigenvalue weighted by atomic mass is 10.2. The zero-order chi connectivity index (χ0) is 13.4. The molecule has 0 unspecified atom stereocenters. The van der Waals surface area contributed by atoms with Crippen molar-refractivity contribution < 1.29 is 9.53 Å². The third kappa shape index (κ3) is 7.25. The number of hydrogen-bond donors (Lipinski definition) is 2. The molecule has 0 spiro atoms. The highest BCUT2D eigenvalue weighted by atomic mass is 35.5. The molecule has 0 aromatic heterocycles.